The van der Waals surface area contributed by atoms with E-state index < -0.39 is 24.2 Å². The van der Waals surface area contributed by atoms with E-state index in [0.29, 0.717) is 21.3 Å². The zero-order valence-corrected chi connectivity index (χ0v) is 15.7. The van der Waals surface area contributed by atoms with E-state index in [1.54, 1.807) is 19.1 Å². The van der Waals surface area contributed by atoms with Crippen molar-refractivity contribution in [2.24, 2.45) is 0 Å². The third kappa shape index (κ3) is 3.29. The van der Waals surface area contributed by atoms with Crippen LogP contribution in [-0.2, 0) is 4.84 Å². The van der Waals surface area contributed by atoms with E-state index in [2.05, 4.69) is 4.98 Å². The molecule has 9 heteroatoms. The Labute approximate surface area is 167 Å². The zero-order valence-electron chi connectivity index (χ0n) is 14.9. The van der Waals surface area contributed by atoms with Crippen molar-refractivity contribution in [3.05, 3.63) is 75.8 Å². The average Bonchev–Trinajstić information content (AvgIpc) is 3.22. The Kier molecular flexibility index (Phi) is 4.67. The number of aromatic nitrogens is 1. The highest BCUT2D eigenvalue weighted by Crippen LogP contribution is 2.31. The second-order valence-corrected chi connectivity index (χ2v) is 7.18. The highest BCUT2D eigenvalue weighted by Gasteiger charge is 2.39. The number of imide groups is 1. The van der Waals surface area contributed by atoms with Gasteiger partial charge in [-0.15, -0.1) is 11.3 Å². The first-order valence-electron chi connectivity index (χ1n) is 8.43. The molecule has 1 aromatic heterocycles. The number of carbonyl (C=O) groups excluding carboxylic acids is 3. The Morgan fingerprint density at radius 2 is 1.62 bits per heavy atom. The molecule has 2 amide bonds. The number of amides is 2. The lowest BCUT2D eigenvalue weighted by molar-refractivity contribution is -0.0581. The number of hydrogen-bond donors (Lipinski definition) is 0. The number of rotatable bonds is 4. The number of alkyl halides is 2. The van der Waals surface area contributed by atoms with Crippen molar-refractivity contribution in [3.8, 4) is 10.6 Å². The van der Waals surface area contributed by atoms with E-state index in [0.717, 1.165) is 11.3 Å². The van der Waals surface area contributed by atoms with Crippen LogP contribution in [-0.4, -0.2) is 27.8 Å². The van der Waals surface area contributed by atoms with Crippen LogP contribution in [0.15, 0.2) is 48.5 Å². The van der Waals surface area contributed by atoms with Crippen molar-refractivity contribution >= 4 is 29.1 Å². The van der Waals surface area contributed by atoms with Gasteiger partial charge in [-0.1, -0.05) is 41.5 Å². The topological polar surface area (TPSA) is 76.6 Å². The summed E-state index contributed by atoms with van der Waals surface area (Å²) in [6, 6.07) is 11.7. The molecule has 3 aromatic rings. The van der Waals surface area contributed by atoms with Gasteiger partial charge in [-0.25, -0.2) is 18.6 Å². The van der Waals surface area contributed by atoms with Crippen molar-refractivity contribution in [2.75, 3.05) is 0 Å². The van der Waals surface area contributed by atoms with Gasteiger partial charge >= 0.3 is 5.97 Å². The Hall–Kier alpha value is -3.46. The summed E-state index contributed by atoms with van der Waals surface area (Å²) in [4.78, 5) is 46.6. The quantitative estimate of drug-likeness (QED) is 0.591. The van der Waals surface area contributed by atoms with Gasteiger partial charge < -0.3 is 4.84 Å². The van der Waals surface area contributed by atoms with Crippen LogP contribution in [0.1, 0.15) is 48.1 Å². The lowest BCUT2D eigenvalue weighted by Gasteiger charge is -2.11. The Balaban J connectivity index is 1.56. The van der Waals surface area contributed by atoms with Gasteiger partial charge in [-0.05, 0) is 19.1 Å². The van der Waals surface area contributed by atoms with E-state index in [4.69, 9.17) is 4.84 Å². The number of halogens is 2. The van der Waals surface area contributed by atoms with E-state index >= 15 is 0 Å². The first-order valence-corrected chi connectivity index (χ1v) is 9.24. The summed E-state index contributed by atoms with van der Waals surface area (Å²) >= 11 is 0.982. The van der Waals surface area contributed by atoms with Crippen LogP contribution in [0.25, 0.3) is 10.6 Å². The van der Waals surface area contributed by atoms with Crippen LogP contribution in [0.4, 0.5) is 8.78 Å². The first-order chi connectivity index (χ1) is 13.9. The number of hydrogen-bond acceptors (Lipinski definition) is 6. The smallest absolute Gasteiger partial charge is 0.323 e. The standard InChI is InChI=1S/C20H12F2N2O4S/c1-10-15(29-17(23-10)12-8-6-11(7-9-12)16(21)22)20(27)28-24-18(25)13-4-2-3-5-14(13)19(24)26/h2-9,16H,1H3. The largest absolute Gasteiger partial charge is 0.375 e. The predicted molar refractivity (Wildman–Crippen MR) is 99.6 cm³/mol. The summed E-state index contributed by atoms with van der Waals surface area (Å²) in [5.74, 6) is -2.34. The van der Waals surface area contributed by atoms with E-state index in [-0.39, 0.29) is 21.6 Å². The molecule has 0 bridgehead atoms. The third-order valence-electron chi connectivity index (χ3n) is 4.32. The summed E-state index contributed by atoms with van der Waals surface area (Å²) in [6.45, 7) is 1.58. The number of nitrogens with zero attached hydrogens (tertiary/aromatic N) is 2. The highest BCUT2D eigenvalue weighted by molar-refractivity contribution is 7.17. The predicted octanol–water partition coefficient (Wildman–Crippen LogP) is 4.42. The molecule has 1 aliphatic rings. The molecular formula is C20H12F2N2O4S. The summed E-state index contributed by atoms with van der Waals surface area (Å²) < 4.78 is 25.4. The zero-order chi connectivity index (χ0) is 20.7. The van der Waals surface area contributed by atoms with Crippen LogP contribution in [0.2, 0.25) is 0 Å². The molecule has 0 radical (unpaired) electrons. The molecule has 2 heterocycles. The minimum atomic E-state index is -2.58. The van der Waals surface area contributed by atoms with Crippen LogP contribution < -0.4 is 0 Å². The van der Waals surface area contributed by atoms with Crippen molar-refractivity contribution < 1.29 is 28.0 Å². The van der Waals surface area contributed by atoms with Gasteiger partial charge in [0.25, 0.3) is 18.2 Å². The molecule has 2 aromatic carbocycles. The molecule has 0 fully saturated rings. The molecule has 4 rings (SSSR count). The SMILES string of the molecule is Cc1nc(-c2ccc(C(F)F)cc2)sc1C(=O)ON1C(=O)c2ccccc2C1=O. The van der Waals surface area contributed by atoms with Crippen molar-refractivity contribution in [3.63, 3.8) is 0 Å². The Morgan fingerprint density at radius 1 is 1.03 bits per heavy atom. The van der Waals surface area contributed by atoms with Crippen molar-refractivity contribution in [2.45, 2.75) is 13.3 Å². The van der Waals surface area contributed by atoms with E-state index in [1.807, 2.05) is 0 Å². The van der Waals surface area contributed by atoms with Gasteiger partial charge in [0, 0.05) is 11.1 Å². The fraction of sp³-hybridized carbons (Fsp3) is 0.100. The minimum absolute atomic E-state index is 0.106. The summed E-state index contributed by atoms with van der Waals surface area (Å²) in [5.41, 5.74) is 1.09. The van der Waals surface area contributed by atoms with Crippen molar-refractivity contribution in [1.82, 2.24) is 10.0 Å². The monoisotopic (exact) mass is 414 g/mol. The number of hydroxylamine groups is 2. The second-order valence-electron chi connectivity index (χ2n) is 6.19. The molecule has 146 valence electrons. The van der Waals surface area contributed by atoms with Gasteiger partial charge in [0.05, 0.1) is 16.8 Å². The Bertz CT molecular complexity index is 1110. The fourth-order valence-corrected chi connectivity index (χ4v) is 3.80. The lowest BCUT2D eigenvalue weighted by atomic mass is 10.1. The summed E-state index contributed by atoms with van der Waals surface area (Å²) in [5, 5.41) is 0.862. The summed E-state index contributed by atoms with van der Waals surface area (Å²) in [6.07, 6.45) is -2.58. The maximum Gasteiger partial charge on any atom is 0.375 e. The number of carbonyl (C=O) groups is 3. The maximum absolute atomic E-state index is 12.7. The van der Waals surface area contributed by atoms with Crippen LogP contribution in [0.5, 0.6) is 0 Å². The molecule has 0 saturated carbocycles. The second kappa shape index (κ2) is 7.17. The maximum atomic E-state index is 12.7. The van der Waals surface area contributed by atoms with Crippen LogP contribution in [0, 0.1) is 6.92 Å². The average molecular weight is 414 g/mol. The van der Waals surface area contributed by atoms with Crippen LogP contribution in [0.3, 0.4) is 0 Å². The number of thiazole rings is 1. The summed E-state index contributed by atoms with van der Waals surface area (Å²) in [7, 11) is 0. The number of benzene rings is 2. The molecule has 1 aliphatic heterocycles. The lowest BCUT2D eigenvalue weighted by Crippen LogP contribution is -2.32. The van der Waals surface area contributed by atoms with Crippen LogP contribution >= 0.6 is 11.3 Å². The van der Waals surface area contributed by atoms with Gasteiger partial charge in [0.1, 0.15) is 9.88 Å². The van der Waals surface area contributed by atoms with Crippen molar-refractivity contribution in [1.29, 1.82) is 0 Å². The van der Waals surface area contributed by atoms with Gasteiger partial charge in [-0.2, -0.15) is 0 Å². The van der Waals surface area contributed by atoms with Gasteiger partial charge in [-0.3, -0.25) is 9.59 Å². The molecule has 0 N–H and O–H groups in total. The van der Waals surface area contributed by atoms with E-state index in [9.17, 15) is 23.2 Å². The molecule has 6 nitrogen and oxygen atoms in total. The molecular weight excluding hydrogens is 402 g/mol. The molecule has 0 saturated heterocycles. The molecule has 29 heavy (non-hydrogen) atoms. The number of fused-ring (bicyclic) bond motifs is 1. The normalized spacial score (nSPS) is 13.2. The van der Waals surface area contributed by atoms with Gasteiger partial charge in [0.15, 0.2) is 0 Å². The fourth-order valence-electron chi connectivity index (χ4n) is 2.85. The van der Waals surface area contributed by atoms with Gasteiger partial charge in [0.2, 0.25) is 0 Å². The first kappa shape index (κ1) is 18.9. The minimum Gasteiger partial charge on any atom is -0.323 e. The third-order valence-corrected chi connectivity index (χ3v) is 5.51. The molecule has 0 unspecified atom stereocenters. The van der Waals surface area contributed by atoms with E-state index in [1.165, 1.54) is 36.4 Å². The Morgan fingerprint density at radius 3 is 2.17 bits per heavy atom. The molecule has 0 atom stereocenters. The molecule has 0 aliphatic carbocycles. The highest BCUT2D eigenvalue weighted by atomic mass is 32.1. The molecule has 0 spiro atoms. The number of aryl methyl sites for hydroxylation is 1.